The minimum atomic E-state index is -0.161. The molecular weight excluding hydrogens is 234 g/mol. The largest absolute Gasteiger partial charge is 0.392 e. The summed E-state index contributed by atoms with van der Waals surface area (Å²) in [5.41, 5.74) is 2.72. The number of aliphatic hydroxyl groups is 1. The number of halogens is 1. The SMILES string of the molecule is OC(CNC1CCc2cc(Cl)ccc21)C1CC1. The van der Waals surface area contributed by atoms with Gasteiger partial charge in [-0.05, 0) is 54.9 Å². The van der Waals surface area contributed by atoms with Crippen molar-refractivity contribution < 1.29 is 5.11 Å². The molecule has 0 bridgehead atoms. The minimum Gasteiger partial charge on any atom is -0.392 e. The molecule has 0 spiro atoms. The quantitative estimate of drug-likeness (QED) is 0.863. The van der Waals surface area contributed by atoms with Crippen molar-refractivity contribution in [3.63, 3.8) is 0 Å². The number of benzene rings is 1. The Morgan fingerprint density at radius 3 is 2.94 bits per heavy atom. The van der Waals surface area contributed by atoms with Crippen LogP contribution in [-0.4, -0.2) is 17.8 Å². The Morgan fingerprint density at radius 1 is 1.35 bits per heavy atom. The van der Waals surface area contributed by atoms with Crippen LogP contribution in [0.15, 0.2) is 18.2 Å². The first kappa shape index (κ1) is 11.5. The van der Waals surface area contributed by atoms with E-state index in [1.54, 1.807) is 0 Å². The van der Waals surface area contributed by atoms with Crippen LogP contribution in [0.3, 0.4) is 0 Å². The predicted octanol–water partition coefficient (Wildman–Crippen LogP) is 2.69. The first-order valence-electron chi connectivity index (χ1n) is 6.44. The molecule has 0 radical (unpaired) electrons. The molecule has 2 nitrogen and oxygen atoms in total. The molecule has 1 saturated carbocycles. The van der Waals surface area contributed by atoms with E-state index in [0.29, 0.717) is 12.0 Å². The second-order valence-corrected chi connectivity index (χ2v) is 5.68. The first-order valence-corrected chi connectivity index (χ1v) is 6.81. The molecule has 2 atom stereocenters. The third-order valence-electron chi connectivity index (χ3n) is 3.92. The molecule has 2 aliphatic carbocycles. The van der Waals surface area contributed by atoms with Crippen LogP contribution in [0.2, 0.25) is 5.02 Å². The lowest BCUT2D eigenvalue weighted by molar-refractivity contribution is 0.144. The van der Waals surface area contributed by atoms with Crippen molar-refractivity contribution in [3.8, 4) is 0 Å². The number of hydrogen-bond donors (Lipinski definition) is 2. The van der Waals surface area contributed by atoms with Crippen molar-refractivity contribution in [2.75, 3.05) is 6.54 Å². The number of rotatable bonds is 4. The molecule has 3 rings (SSSR count). The van der Waals surface area contributed by atoms with Gasteiger partial charge >= 0.3 is 0 Å². The maximum Gasteiger partial charge on any atom is 0.0692 e. The summed E-state index contributed by atoms with van der Waals surface area (Å²) in [6.45, 7) is 0.720. The summed E-state index contributed by atoms with van der Waals surface area (Å²) in [6, 6.07) is 6.54. The van der Waals surface area contributed by atoms with Crippen molar-refractivity contribution in [1.82, 2.24) is 5.32 Å². The van der Waals surface area contributed by atoms with Crippen LogP contribution in [0.4, 0.5) is 0 Å². The number of hydrogen-bond acceptors (Lipinski definition) is 2. The molecule has 2 unspecified atom stereocenters. The maximum atomic E-state index is 9.86. The summed E-state index contributed by atoms with van der Waals surface area (Å²) in [7, 11) is 0. The van der Waals surface area contributed by atoms with Gasteiger partial charge in [-0.2, -0.15) is 0 Å². The zero-order chi connectivity index (χ0) is 11.8. The molecule has 0 heterocycles. The van der Waals surface area contributed by atoms with Gasteiger partial charge in [-0.1, -0.05) is 17.7 Å². The highest BCUT2D eigenvalue weighted by molar-refractivity contribution is 6.30. The predicted molar refractivity (Wildman–Crippen MR) is 69.2 cm³/mol. The average molecular weight is 252 g/mol. The normalized spacial score (nSPS) is 24.7. The van der Waals surface area contributed by atoms with Crippen molar-refractivity contribution in [1.29, 1.82) is 0 Å². The number of aliphatic hydroxyl groups excluding tert-OH is 1. The Morgan fingerprint density at radius 2 is 2.18 bits per heavy atom. The van der Waals surface area contributed by atoms with E-state index in [1.807, 2.05) is 6.07 Å². The Hall–Kier alpha value is -0.570. The molecule has 92 valence electrons. The van der Waals surface area contributed by atoms with Crippen LogP contribution in [0.1, 0.15) is 36.4 Å². The summed E-state index contributed by atoms with van der Waals surface area (Å²) in [6.07, 6.45) is 4.44. The highest BCUT2D eigenvalue weighted by Gasteiger charge is 2.30. The number of nitrogens with one attached hydrogen (secondary N) is 1. The summed E-state index contributed by atoms with van der Waals surface area (Å²) in [5, 5.41) is 14.2. The van der Waals surface area contributed by atoms with Gasteiger partial charge in [-0.3, -0.25) is 0 Å². The lowest BCUT2D eigenvalue weighted by Crippen LogP contribution is -2.30. The lowest BCUT2D eigenvalue weighted by atomic mass is 10.1. The minimum absolute atomic E-state index is 0.161. The fourth-order valence-corrected chi connectivity index (χ4v) is 2.90. The second kappa shape index (κ2) is 4.60. The van der Waals surface area contributed by atoms with E-state index in [9.17, 15) is 5.11 Å². The molecule has 1 fully saturated rings. The number of aryl methyl sites for hydroxylation is 1. The van der Waals surface area contributed by atoms with Gasteiger partial charge in [0, 0.05) is 17.6 Å². The van der Waals surface area contributed by atoms with E-state index in [-0.39, 0.29) is 6.10 Å². The maximum absolute atomic E-state index is 9.86. The average Bonchev–Trinajstić information content (AvgIpc) is 3.08. The standard InChI is InChI=1S/C14H18ClNO/c15-11-4-5-12-10(7-11)3-6-13(12)16-8-14(17)9-1-2-9/h4-5,7,9,13-14,16-17H,1-3,6,8H2. The van der Waals surface area contributed by atoms with Gasteiger partial charge in [-0.15, -0.1) is 0 Å². The fourth-order valence-electron chi connectivity index (χ4n) is 2.71. The van der Waals surface area contributed by atoms with Crippen LogP contribution in [-0.2, 0) is 6.42 Å². The van der Waals surface area contributed by atoms with Crippen molar-refractivity contribution in [3.05, 3.63) is 34.3 Å². The molecule has 1 aromatic carbocycles. The Balaban J connectivity index is 1.62. The summed E-state index contributed by atoms with van der Waals surface area (Å²) >= 11 is 5.99. The van der Waals surface area contributed by atoms with E-state index in [1.165, 1.54) is 24.0 Å². The monoisotopic (exact) mass is 251 g/mol. The molecule has 17 heavy (non-hydrogen) atoms. The highest BCUT2D eigenvalue weighted by Crippen LogP contribution is 2.35. The van der Waals surface area contributed by atoms with Gasteiger partial charge in [-0.25, -0.2) is 0 Å². The van der Waals surface area contributed by atoms with Crippen LogP contribution in [0.25, 0.3) is 0 Å². The second-order valence-electron chi connectivity index (χ2n) is 5.25. The first-order chi connectivity index (χ1) is 8.24. The Kier molecular flexibility index (Phi) is 3.12. The molecule has 2 N–H and O–H groups in total. The van der Waals surface area contributed by atoms with E-state index >= 15 is 0 Å². The fraction of sp³-hybridized carbons (Fsp3) is 0.571. The molecule has 0 amide bonds. The summed E-state index contributed by atoms with van der Waals surface area (Å²) < 4.78 is 0. The Labute approximate surface area is 107 Å². The third kappa shape index (κ3) is 2.49. The molecule has 0 saturated heterocycles. The van der Waals surface area contributed by atoms with E-state index in [2.05, 4.69) is 17.4 Å². The van der Waals surface area contributed by atoms with E-state index in [0.717, 1.165) is 24.4 Å². The zero-order valence-electron chi connectivity index (χ0n) is 9.82. The van der Waals surface area contributed by atoms with Crippen LogP contribution in [0, 0.1) is 5.92 Å². The van der Waals surface area contributed by atoms with E-state index < -0.39 is 0 Å². The molecule has 0 aliphatic heterocycles. The van der Waals surface area contributed by atoms with Gasteiger partial charge in [0.2, 0.25) is 0 Å². The molecule has 3 heteroatoms. The molecule has 0 aromatic heterocycles. The van der Waals surface area contributed by atoms with Crippen LogP contribution < -0.4 is 5.32 Å². The zero-order valence-corrected chi connectivity index (χ0v) is 10.6. The molecular formula is C14H18ClNO. The van der Waals surface area contributed by atoms with Crippen LogP contribution in [0.5, 0.6) is 0 Å². The topological polar surface area (TPSA) is 32.3 Å². The van der Waals surface area contributed by atoms with Crippen molar-refractivity contribution in [2.24, 2.45) is 5.92 Å². The van der Waals surface area contributed by atoms with E-state index in [4.69, 9.17) is 11.6 Å². The van der Waals surface area contributed by atoms with Gasteiger partial charge in [0.15, 0.2) is 0 Å². The van der Waals surface area contributed by atoms with Gasteiger partial charge in [0.25, 0.3) is 0 Å². The van der Waals surface area contributed by atoms with Gasteiger partial charge in [0.05, 0.1) is 6.10 Å². The van der Waals surface area contributed by atoms with Gasteiger partial charge < -0.3 is 10.4 Å². The highest BCUT2D eigenvalue weighted by atomic mass is 35.5. The Bertz CT molecular complexity index is 417. The van der Waals surface area contributed by atoms with Gasteiger partial charge in [0.1, 0.15) is 0 Å². The number of fused-ring (bicyclic) bond motifs is 1. The molecule has 2 aliphatic rings. The summed E-state index contributed by atoms with van der Waals surface area (Å²) in [4.78, 5) is 0. The molecule has 1 aromatic rings. The third-order valence-corrected chi connectivity index (χ3v) is 4.16. The van der Waals surface area contributed by atoms with Crippen LogP contribution >= 0.6 is 11.6 Å². The summed E-state index contributed by atoms with van der Waals surface area (Å²) in [5.74, 6) is 0.550. The lowest BCUT2D eigenvalue weighted by Gasteiger charge is -2.17. The van der Waals surface area contributed by atoms with Crippen molar-refractivity contribution in [2.45, 2.75) is 37.8 Å². The smallest absolute Gasteiger partial charge is 0.0692 e. The van der Waals surface area contributed by atoms with Crippen molar-refractivity contribution >= 4 is 11.6 Å².